The topological polar surface area (TPSA) is 71.7 Å². The van der Waals surface area contributed by atoms with E-state index in [1.807, 2.05) is 25.7 Å². The predicted octanol–water partition coefficient (Wildman–Crippen LogP) is 3.70. The van der Waals surface area contributed by atoms with E-state index < -0.39 is 5.60 Å². The van der Waals surface area contributed by atoms with Crippen molar-refractivity contribution >= 4 is 6.09 Å². The van der Waals surface area contributed by atoms with Crippen molar-refractivity contribution in [3.05, 3.63) is 11.8 Å². The minimum absolute atomic E-state index is 0.177. The summed E-state index contributed by atoms with van der Waals surface area (Å²) in [7, 11) is 0. The number of carbonyl (C=O) groups excluding carboxylic acids is 1. The molecule has 0 bridgehead atoms. The van der Waals surface area contributed by atoms with Gasteiger partial charge < -0.3 is 14.1 Å². The highest BCUT2D eigenvalue weighted by Crippen LogP contribution is 2.39. The molecule has 27 heavy (non-hydrogen) atoms. The van der Waals surface area contributed by atoms with Crippen LogP contribution in [0.25, 0.3) is 0 Å². The second kappa shape index (κ2) is 7.41. The molecular formula is C20H32N4O3. The van der Waals surface area contributed by atoms with Crippen molar-refractivity contribution in [1.82, 2.24) is 20.0 Å². The van der Waals surface area contributed by atoms with Crippen LogP contribution in [0.1, 0.15) is 83.4 Å². The number of hydrogen-bond acceptors (Lipinski definition) is 6. The predicted molar refractivity (Wildman–Crippen MR) is 100 cm³/mol. The van der Waals surface area contributed by atoms with E-state index in [9.17, 15) is 4.79 Å². The Bertz CT molecular complexity index is 664. The first kappa shape index (κ1) is 18.7. The highest BCUT2D eigenvalue weighted by molar-refractivity contribution is 5.69. The highest BCUT2D eigenvalue weighted by atomic mass is 16.6. The van der Waals surface area contributed by atoms with Crippen LogP contribution in [-0.2, 0) is 11.3 Å². The fourth-order valence-electron chi connectivity index (χ4n) is 4.39. The fourth-order valence-corrected chi connectivity index (χ4v) is 4.39. The number of amides is 1. The van der Waals surface area contributed by atoms with E-state index in [-0.39, 0.29) is 12.1 Å². The van der Waals surface area contributed by atoms with Gasteiger partial charge in [-0.05, 0) is 65.8 Å². The van der Waals surface area contributed by atoms with Crippen molar-refractivity contribution in [3.63, 3.8) is 0 Å². The molecular weight excluding hydrogens is 344 g/mol. The van der Waals surface area contributed by atoms with Crippen LogP contribution >= 0.6 is 0 Å². The van der Waals surface area contributed by atoms with E-state index in [2.05, 4.69) is 15.1 Å². The third-order valence-corrected chi connectivity index (χ3v) is 5.78. The Balaban J connectivity index is 1.44. The molecule has 2 atom stereocenters. The lowest BCUT2D eigenvalue weighted by Crippen LogP contribution is -2.53. The van der Waals surface area contributed by atoms with Gasteiger partial charge in [-0.3, -0.25) is 4.90 Å². The molecule has 7 nitrogen and oxygen atoms in total. The number of nitrogens with zero attached hydrogens (tertiary/aromatic N) is 4. The Morgan fingerprint density at radius 2 is 1.85 bits per heavy atom. The van der Waals surface area contributed by atoms with Crippen LogP contribution < -0.4 is 0 Å². The molecule has 0 N–H and O–H groups in total. The van der Waals surface area contributed by atoms with E-state index in [4.69, 9.17) is 9.15 Å². The van der Waals surface area contributed by atoms with Crippen molar-refractivity contribution in [2.24, 2.45) is 0 Å². The number of piperidine rings is 1. The maximum Gasteiger partial charge on any atom is 0.410 e. The number of hydrogen-bond donors (Lipinski definition) is 0. The maximum absolute atomic E-state index is 12.7. The molecule has 1 aromatic rings. The first-order valence-electron chi connectivity index (χ1n) is 10.5. The lowest BCUT2D eigenvalue weighted by molar-refractivity contribution is 0.00534. The molecule has 3 fully saturated rings. The summed E-state index contributed by atoms with van der Waals surface area (Å²) in [6.45, 7) is 8.27. The molecule has 7 heteroatoms. The zero-order chi connectivity index (χ0) is 19.0. The molecule has 1 aromatic heterocycles. The molecule has 2 aliphatic heterocycles. The lowest BCUT2D eigenvalue weighted by Gasteiger charge is -2.41. The van der Waals surface area contributed by atoms with Crippen LogP contribution in [0.5, 0.6) is 0 Å². The maximum atomic E-state index is 12.7. The van der Waals surface area contributed by atoms with Gasteiger partial charge in [-0.15, -0.1) is 10.2 Å². The van der Waals surface area contributed by atoms with Gasteiger partial charge in [0.1, 0.15) is 5.60 Å². The second-order valence-corrected chi connectivity index (χ2v) is 9.23. The zero-order valence-corrected chi connectivity index (χ0v) is 16.8. The van der Waals surface area contributed by atoms with Gasteiger partial charge in [0.05, 0.1) is 12.6 Å². The zero-order valence-electron chi connectivity index (χ0n) is 16.8. The quantitative estimate of drug-likeness (QED) is 0.798. The second-order valence-electron chi connectivity index (χ2n) is 9.23. The smallest absolute Gasteiger partial charge is 0.410 e. The highest BCUT2D eigenvalue weighted by Gasteiger charge is 2.40. The van der Waals surface area contributed by atoms with Gasteiger partial charge in [0.2, 0.25) is 11.8 Å². The summed E-state index contributed by atoms with van der Waals surface area (Å²) in [5.74, 6) is 2.00. The van der Waals surface area contributed by atoms with Gasteiger partial charge >= 0.3 is 6.09 Å². The SMILES string of the molecule is CC(C)(C)OC(=O)N1CCCC1C1CCCCN1Cc1nnc(C2CC2)o1. The number of aromatic nitrogens is 2. The van der Waals surface area contributed by atoms with Crippen LogP contribution in [0.3, 0.4) is 0 Å². The fraction of sp³-hybridized carbons (Fsp3) is 0.850. The van der Waals surface area contributed by atoms with Gasteiger partial charge in [-0.2, -0.15) is 0 Å². The molecule has 4 rings (SSSR count). The average Bonchev–Trinajstić information content (AvgIpc) is 3.15. The monoisotopic (exact) mass is 376 g/mol. The Morgan fingerprint density at radius 3 is 2.59 bits per heavy atom. The summed E-state index contributed by atoms with van der Waals surface area (Å²) >= 11 is 0. The van der Waals surface area contributed by atoms with Crippen molar-refractivity contribution in [3.8, 4) is 0 Å². The van der Waals surface area contributed by atoms with E-state index in [1.165, 1.54) is 25.7 Å². The first-order chi connectivity index (χ1) is 12.9. The van der Waals surface area contributed by atoms with Crippen molar-refractivity contribution < 1.29 is 13.9 Å². The molecule has 2 unspecified atom stereocenters. The lowest BCUT2D eigenvalue weighted by atomic mass is 9.94. The number of rotatable bonds is 4. The number of likely N-dealkylation sites (tertiary alicyclic amines) is 2. The van der Waals surface area contributed by atoms with E-state index in [0.717, 1.165) is 38.2 Å². The molecule has 1 amide bonds. The summed E-state index contributed by atoms with van der Waals surface area (Å²) < 4.78 is 11.6. The summed E-state index contributed by atoms with van der Waals surface area (Å²) in [6, 6.07) is 0.552. The first-order valence-corrected chi connectivity index (χ1v) is 10.5. The molecule has 0 radical (unpaired) electrons. The van der Waals surface area contributed by atoms with Crippen LogP contribution in [0.2, 0.25) is 0 Å². The largest absolute Gasteiger partial charge is 0.444 e. The Kier molecular flexibility index (Phi) is 5.14. The standard InChI is InChI=1S/C20H32N4O3/c1-20(2,3)27-19(25)24-12-6-8-16(24)15-7-4-5-11-23(15)13-17-21-22-18(26-17)14-9-10-14/h14-16H,4-13H2,1-3H3. The third-order valence-electron chi connectivity index (χ3n) is 5.78. The van der Waals surface area contributed by atoms with Crippen molar-refractivity contribution in [2.75, 3.05) is 13.1 Å². The number of carbonyl (C=O) groups is 1. The Morgan fingerprint density at radius 1 is 1.07 bits per heavy atom. The van der Waals surface area contributed by atoms with E-state index >= 15 is 0 Å². The van der Waals surface area contributed by atoms with Crippen LogP contribution in [-0.4, -0.2) is 56.9 Å². The minimum atomic E-state index is -0.459. The van der Waals surface area contributed by atoms with Gasteiger partial charge in [-0.25, -0.2) is 4.79 Å². The van der Waals surface area contributed by atoms with Crippen molar-refractivity contribution in [1.29, 1.82) is 0 Å². The summed E-state index contributed by atoms with van der Waals surface area (Å²) in [6.07, 6.45) is 7.73. The van der Waals surface area contributed by atoms with Gasteiger partial charge in [0.15, 0.2) is 0 Å². The summed E-state index contributed by atoms with van der Waals surface area (Å²) in [5, 5.41) is 8.49. The van der Waals surface area contributed by atoms with Crippen LogP contribution in [0.15, 0.2) is 4.42 Å². The van der Waals surface area contributed by atoms with E-state index in [0.29, 0.717) is 24.4 Å². The van der Waals surface area contributed by atoms with Crippen LogP contribution in [0.4, 0.5) is 4.79 Å². The molecule has 3 heterocycles. The normalized spacial score (nSPS) is 27.1. The molecule has 1 aliphatic carbocycles. The summed E-state index contributed by atoms with van der Waals surface area (Å²) in [4.78, 5) is 17.1. The molecule has 1 saturated carbocycles. The Hall–Kier alpha value is -1.63. The van der Waals surface area contributed by atoms with E-state index in [1.54, 1.807) is 0 Å². The van der Waals surface area contributed by atoms with Gasteiger partial charge in [-0.1, -0.05) is 6.42 Å². The van der Waals surface area contributed by atoms with Gasteiger partial charge in [0, 0.05) is 18.5 Å². The molecule has 0 aromatic carbocycles. The van der Waals surface area contributed by atoms with Crippen LogP contribution in [0, 0.1) is 0 Å². The van der Waals surface area contributed by atoms with Crippen molar-refractivity contribution in [2.45, 2.75) is 95.9 Å². The summed E-state index contributed by atoms with van der Waals surface area (Å²) in [5.41, 5.74) is -0.459. The average molecular weight is 377 g/mol. The van der Waals surface area contributed by atoms with Gasteiger partial charge in [0.25, 0.3) is 0 Å². The number of ether oxygens (including phenoxy) is 1. The molecule has 150 valence electrons. The molecule has 3 aliphatic rings. The minimum Gasteiger partial charge on any atom is -0.444 e. The third kappa shape index (κ3) is 4.45. The Labute approximate surface area is 161 Å². The molecule has 0 spiro atoms. The molecule has 2 saturated heterocycles.